The summed E-state index contributed by atoms with van der Waals surface area (Å²) in [6.07, 6.45) is 4.18. The molecule has 4 rings (SSSR count). The number of nitrogens with one attached hydrogen (secondary N) is 1. The minimum atomic E-state index is -0.657. The van der Waals surface area contributed by atoms with Gasteiger partial charge in [-0.1, -0.05) is 36.8 Å². The monoisotopic (exact) mass is 599 g/mol. The summed E-state index contributed by atoms with van der Waals surface area (Å²) in [6.45, 7) is 7.51. The molecular formula is C33H46ClN3O5. The highest BCUT2D eigenvalue weighted by atomic mass is 35.5. The van der Waals surface area contributed by atoms with Gasteiger partial charge in [0.1, 0.15) is 5.60 Å². The van der Waals surface area contributed by atoms with Crippen LogP contribution in [0.25, 0.3) is 0 Å². The Labute approximate surface area is 255 Å². The third-order valence-electron chi connectivity index (χ3n) is 8.08. The van der Waals surface area contributed by atoms with Gasteiger partial charge in [0.25, 0.3) is 0 Å². The number of amides is 2. The Morgan fingerprint density at radius 3 is 2.43 bits per heavy atom. The fourth-order valence-electron chi connectivity index (χ4n) is 6.08. The first-order valence-electron chi connectivity index (χ1n) is 15.0. The van der Waals surface area contributed by atoms with Crippen molar-refractivity contribution in [3.05, 3.63) is 59.2 Å². The van der Waals surface area contributed by atoms with Gasteiger partial charge in [-0.2, -0.15) is 0 Å². The van der Waals surface area contributed by atoms with Crippen LogP contribution in [0.15, 0.2) is 42.5 Å². The zero-order valence-electron chi connectivity index (χ0n) is 25.7. The number of benzene rings is 2. The zero-order valence-corrected chi connectivity index (χ0v) is 26.4. The van der Waals surface area contributed by atoms with Gasteiger partial charge in [0, 0.05) is 38.0 Å². The third kappa shape index (κ3) is 8.10. The maximum absolute atomic E-state index is 13.9. The van der Waals surface area contributed by atoms with Gasteiger partial charge in [0.15, 0.2) is 11.5 Å². The predicted octanol–water partition coefficient (Wildman–Crippen LogP) is 6.10. The molecule has 0 spiro atoms. The number of hydrogen-bond donors (Lipinski definition) is 1. The van der Waals surface area contributed by atoms with Crippen LogP contribution in [0.1, 0.15) is 75.6 Å². The number of piperidine rings is 1. The van der Waals surface area contributed by atoms with Crippen molar-refractivity contribution in [2.24, 2.45) is 0 Å². The molecule has 1 saturated heterocycles. The van der Waals surface area contributed by atoms with E-state index in [4.69, 9.17) is 25.8 Å². The molecule has 2 amide bonds. The summed E-state index contributed by atoms with van der Waals surface area (Å²) in [5.74, 6) is 2.02. The van der Waals surface area contributed by atoms with Crippen LogP contribution in [0.4, 0.5) is 4.79 Å². The molecule has 2 aromatic carbocycles. The van der Waals surface area contributed by atoms with Crippen LogP contribution in [0.2, 0.25) is 0 Å². The Morgan fingerprint density at radius 2 is 1.76 bits per heavy atom. The number of fused-ring (bicyclic) bond motifs is 3. The molecule has 230 valence electrons. The van der Waals surface area contributed by atoms with Crippen molar-refractivity contribution in [1.29, 1.82) is 0 Å². The molecule has 8 nitrogen and oxygen atoms in total. The number of halogens is 1. The summed E-state index contributed by atoms with van der Waals surface area (Å²) in [5.41, 5.74) is 2.75. The van der Waals surface area contributed by atoms with Gasteiger partial charge in [-0.3, -0.25) is 14.6 Å². The van der Waals surface area contributed by atoms with Crippen molar-refractivity contribution in [3.8, 4) is 11.5 Å². The highest BCUT2D eigenvalue weighted by Crippen LogP contribution is 2.43. The number of methoxy groups -OCH3 is 2. The molecule has 2 aromatic rings. The zero-order chi connectivity index (χ0) is 30.3. The van der Waals surface area contributed by atoms with Crippen LogP contribution < -0.4 is 14.8 Å². The van der Waals surface area contributed by atoms with Crippen LogP contribution in [-0.2, 0) is 22.5 Å². The fraction of sp³-hybridized carbons (Fsp3) is 0.576. The quantitative estimate of drug-likeness (QED) is 0.248. The minimum absolute atomic E-state index is 0.00527. The maximum Gasteiger partial charge on any atom is 0.410 e. The average molecular weight is 600 g/mol. The van der Waals surface area contributed by atoms with E-state index in [1.807, 2.05) is 56.0 Å². The van der Waals surface area contributed by atoms with E-state index in [1.54, 1.807) is 14.2 Å². The van der Waals surface area contributed by atoms with Crippen molar-refractivity contribution >= 4 is 23.6 Å². The Bertz CT molecular complexity index is 1200. The van der Waals surface area contributed by atoms with E-state index < -0.39 is 5.60 Å². The molecule has 2 heterocycles. The van der Waals surface area contributed by atoms with Crippen LogP contribution >= 0.6 is 11.6 Å². The van der Waals surface area contributed by atoms with Crippen molar-refractivity contribution in [1.82, 2.24) is 15.1 Å². The van der Waals surface area contributed by atoms with E-state index in [2.05, 4.69) is 22.3 Å². The van der Waals surface area contributed by atoms with Gasteiger partial charge >= 0.3 is 6.09 Å². The van der Waals surface area contributed by atoms with E-state index in [9.17, 15) is 9.59 Å². The molecule has 0 bridgehead atoms. The molecule has 3 unspecified atom stereocenters. The minimum Gasteiger partial charge on any atom is -0.493 e. The molecule has 1 fully saturated rings. The van der Waals surface area contributed by atoms with Crippen molar-refractivity contribution in [2.75, 3.05) is 33.2 Å². The molecule has 3 atom stereocenters. The predicted molar refractivity (Wildman–Crippen MR) is 165 cm³/mol. The summed E-state index contributed by atoms with van der Waals surface area (Å²) in [7, 11) is 3.30. The number of hydrogen-bond acceptors (Lipinski definition) is 6. The summed E-state index contributed by atoms with van der Waals surface area (Å²) in [6, 6.07) is 13.6. The molecule has 0 radical (unpaired) electrons. The molecule has 9 heteroatoms. The Hall–Kier alpha value is -2.97. The highest BCUT2D eigenvalue weighted by molar-refractivity contribution is 6.17. The lowest BCUT2D eigenvalue weighted by Gasteiger charge is -2.50. The van der Waals surface area contributed by atoms with Crippen molar-refractivity contribution < 1.29 is 23.8 Å². The van der Waals surface area contributed by atoms with Gasteiger partial charge in [0.2, 0.25) is 5.91 Å². The lowest BCUT2D eigenvalue weighted by atomic mass is 9.82. The lowest BCUT2D eigenvalue weighted by molar-refractivity contribution is -0.123. The second-order valence-corrected chi connectivity index (χ2v) is 12.6. The largest absolute Gasteiger partial charge is 0.493 e. The number of nitrogens with zero attached hydrogens (tertiary/aromatic N) is 2. The Kier molecular flexibility index (Phi) is 11.0. The molecule has 0 aliphatic carbocycles. The Morgan fingerprint density at radius 1 is 1.05 bits per heavy atom. The standard InChI is InChI=1S/C33H46ClN3O5/c1-33(2,3)42-32(39)37(21-23-12-8-6-9-13-23)28-20-27-25-19-30(41-5)29(40-4)18-24(25)15-17-36(27)22-26(28)35-31(38)14-10-7-11-16-34/h6,8-9,12-13,18-19,26-28H,7,10-11,14-17,20-22H2,1-5H3,(H,35,38). The first-order valence-corrected chi connectivity index (χ1v) is 15.5. The molecular weight excluding hydrogens is 554 g/mol. The normalized spacial score (nSPS) is 20.2. The molecule has 0 aromatic heterocycles. The molecule has 42 heavy (non-hydrogen) atoms. The number of carbonyl (C=O) groups is 2. The van der Waals surface area contributed by atoms with E-state index >= 15 is 0 Å². The lowest BCUT2D eigenvalue weighted by Crippen LogP contribution is -2.63. The smallest absolute Gasteiger partial charge is 0.410 e. The second kappa shape index (κ2) is 14.5. The highest BCUT2D eigenvalue weighted by Gasteiger charge is 2.44. The second-order valence-electron chi connectivity index (χ2n) is 12.2. The summed E-state index contributed by atoms with van der Waals surface area (Å²) in [4.78, 5) is 31.3. The van der Waals surface area contributed by atoms with E-state index in [1.165, 1.54) is 11.1 Å². The van der Waals surface area contributed by atoms with E-state index in [0.29, 0.717) is 37.6 Å². The fourth-order valence-corrected chi connectivity index (χ4v) is 6.27. The number of carbonyl (C=O) groups excluding carboxylic acids is 2. The van der Waals surface area contributed by atoms with Gasteiger partial charge in [-0.15, -0.1) is 11.6 Å². The van der Waals surface area contributed by atoms with Crippen molar-refractivity contribution in [2.45, 2.75) is 89.6 Å². The topological polar surface area (TPSA) is 80.3 Å². The van der Waals surface area contributed by atoms with Crippen LogP contribution in [0.3, 0.4) is 0 Å². The SMILES string of the molecule is COc1cc2c(cc1OC)C1CC(N(Cc3ccccc3)C(=O)OC(C)(C)C)C(NC(=O)CCCCCCl)CN1CC2. The summed E-state index contributed by atoms with van der Waals surface area (Å²) < 4.78 is 17.2. The maximum atomic E-state index is 13.9. The van der Waals surface area contributed by atoms with Gasteiger partial charge in [-0.05, 0) is 75.3 Å². The van der Waals surface area contributed by atoms with Crippen LogP contribution in [0, 0.1) is 0 Å². The summed E-state index contributed by atoms with van der Waals surface area (Å²) >= 11 is 5.83. The molecule has 2 aliphatic heterocycles. The van der Waals surface area contributed by atoms with E-state index in [-0.39, 0.29) is 30.1 Å². The van der Waals surface area contributed by atoms with Gasteiger partial charge < -0.3 is 19.5 Å². The van der Waals surface area contributed by atoms with Crippen molar-refractivity contribution in [3.63, 3.8) is 0 Å². The van der Waals surface area contributed by atoms with Crippen LogP contribution in [-0.4, -0.2) is 72.7 Å². The molecule has 0 saturated carbocycles. The number of unbranched alkanes of at least 4 members (excludes halogenated alkanes) is 2. The van der Waals surface area contributed by atoms with Crippen LogP contribution in [0.5, 0.6) is 11.5 Å². The number of rotatable bonds is 11. The number of ether oxygens (including phenoxy) is 3. The average Bonchev–Trinajstić information content (AvgIpc) is 2.96. The first-order chi connectivity index (χ1) is 20.1. The number of alkyl halides is 1. The van der Waals surface area contributed by atoms with E-state index in [0.717, 1.165) is 43.5 Å². The first kappa shape index (κ1) is 32.0. The van der Waals surface area contributed by atoms with Gasteiger partial charge in [0.05, 0.1) is 26.3 Å². The van der Waals surface area contributed by atoms with Gasteiger partial charge in [-0.25, -0.2) is 4.79 Å². The molecule has 2 aliphatic rings. The third-order valence-corrected chi connectivity index (χ3v) is 8.35. The molecule has 1 N–H and O–H groups in total. The Balaban J connectivity index is 1.69. The summed E-state index contributed by atoms with van der Waals surface area (Å²) in [5, 5.41) is 3.32.